The minimum Gasteiger partial charge on any atom is -0.376 e. The molecule has 1 fully saturated rings. The quantitative estimate of drug-likeness (QED) is 0.785. The Morgan fingerprint density at radius 3 is 2.79 bits per heavy atom. The number of hydrogen-bond acceptors (Lipinski definition) is 4. The molecule has 1 aliphatic carbocycles. The average Bonchev–Trinajstić information content (AvgIpc) is 2.89. The van der Waals surface area contributed by atoms with Gasteiger partial charge in [0.25, 0.3) is 5.56 Å². The Morgan fingerprint density at radius 1 is 1.42 bits per heavy atom. The molecule has 0 amide bonds. The smallest absolute Gasteiger partial charge is 0.268 e. The summed E-state index contributed by atoms with van der Waals surface area (Å²) in [6.07, 6.45) is 8.00. The SMILES string of the molecule is CN(C)c1cnn(CCCNC2CCCC2)c(=O)c1. The lowest BCUT2D eigenvalue weighted by Gasteiger charge is -2.13. The molecule has 19 heavy (non-hydrogen) atoms. The lowest BCUT2D eigenvalue weighted by molar-refractivity contribution is 0.474. The highest BCUT2D eigenvalue weighted by Crippen LogP contribution is 2.17. The van der Waals surface area contributed by atoms with Crippen LogP contribution in [0.25, 0.3) is 0 Å². The van der Waals surface area contributed by atoms with Crippen molar-refractivity contribution in [3.8, 4) is 0 Å². The fraction of sp³-hybridized carbons (Fsp3) is 0.714. The minimum atomic E-state index is -0.0212. The summed E-state index contributed by atoms with van der Waals surface area (Å²) in [4.78, 5) is 13.7. The van der Waals surface area contributed by atoms with Crippen molar-refractivity contribution < 1.29 is 0 Å². The first-order valence-electron chi connectivity index (χ1n) is 7.14. The van der Waals surface area contributed by atoms with Crippen LogP contribution in [0.5, 0.6) is 0 Å². The Hall–Kier alpha value is -1.36. The topological polar surface area (TPSA) is 50.2 Å². The summed E-state index contributed by atoms with van der Waals surface area (Å²) in [5.41, 5.74) is 0.831. The van der Waals surface area contributed by atoms with Crippen molar-refractivity contribution in [1.82, 2.24) is 15.1 Å². The molecule has 1 saturated carbocycles. The van der Waals surface area contributed by atoms with Crippen molar-refractivity contribution in [2.45, 2.75) is 44.7 Å². The van der Waals surface area contributed by atoms with Crippen molar-refractivity contribution in [1.29, 1.82) is 0 Å². The summed E-state index contributed by atoms with van der Waals surface area (Å²) in [5.74, 6) is 0. The second-order valence-corrected chi connectivity index (χ2v) is 5.46. The molecular formula is C14H24N4O. The third-order valence-electron chi connectivity index (χ3n) is 3.71. The Kier molecular flexibility index (Phi) is 4.96. The van der Waals surface area contributed by atoms with Crippen LogP contribution < -0.4 is 15.8 Å². The minimum absolute atomic E-state index is 0.0212. The van der Waals surface area contributed by atoms with Crippen molar-refractivity contribution in [2.75, 3.05) is 25.5 Å². The van der Waals surface area contributed by atoms with Gasteiger partial charge in [-0.2, -0.15) is 5.10 Å². The van der Waals surface area contributed by atoms with E-state index in [1.165, 1.54) is 25.7 Å². The Bertz CT molecular complexity index is 449. The zero-order valence-corrected chi connectivity index (χ0v) is 11.9. The first kappa shape index (κ1) is 14.1. The van der Waals surface area contributed by atoms with Gasteiger partial charge in [0.1, 0.15) is 0 Å². The van der Waals surface area contributed by atoms with Gasteiger partial charge in [-0.05, 0) is 25.8 Å². The normalized spacial score (nSPS) is 15.9. The molecule has 0 unspecified atom stereocenters. The van der Waals surface area contributed by atoms with E-state index in [1.807, 2.05) is 19.0 Å². The molecule has 0 radical (unpaired) electrons. The second kappa shape index (κ2) is 6.70. The molecule has 1 N–H and O–H groups in total. The predicted molar refractivity (Wildman–Crippen MR) is 77.7 cm³/mol. The van der Waals surface area contributed by atoms with Crippen molar-refractivity contribution in [3.05, 3.63) is 22.6 Å². The third kappa shape index (κ3) is 4.06. The fourth-order valence-electron chi connectivity index (χ4n) is 2.50. The van der Waals surface area contributed by atoms with Crippen molar-refractivity contribution in [2.24, 2.45) is 0 Å². The Labute approximate surface area is 114 Å². The van der Waals surface area contributed by atoms with Crippen LogP contribution in [0.4, 0.5) is 5.69 Å². The molecule has 1 aliphatic rings. The molecule has 0 spiro atoms. The summed E-state index contributed by atoms with van der Waals surface area (Å²) in [6, 6.07) is 2.33. The first-order valence-corrected chi connectivity index (χ1v) is 7.14. The van der Waals surface area contributed by atoms with Crippen molar-refractivity contribution in [3.63, 3.8) is 0 Å². The van der Waals surface area contributed by atoms with E-state index in [-0.39, 0.29) is 5.56 Å². The molecular weight excluding hydrogens is 240 g/mol. The van der Waals surface area contributed by atoms with Crippen LogP contribution in [0.15, 0.2) is 17.1 Å². The molecule has 106 valence electrons. The van der Waals surface area contributed by atoms with Crippen LogP contribution in [0.2, 0.25) is 0 Å². The number of hydrogen-bond donors (Lipinski definition) is 1. The predicted octanol–water partition coefficient (Wildman–Crippen LogP) is 1.23. The largest absolute Gasteiger partial charge is 0.376 e. The van der Waals surface area contributed by atoms with E-state index < -0.39 is 0 Å². The summed E-state index contributed by atoms with van der Waals surface area (Å²) in [5, 5.41) is 7.75. The van der Waals surface area contributed by atoms with Gasteiger partial charge in [-0.3, -0.25) is 4.79 Å². The number of nitrogens with one attached hydrogen (secondary N) is 1. The van der Waals surface area contributed by atoms with Crippen LogP contribution in [0.1, 0.15) is 32.1 Å². The first-order chi connectivity index (χ1) is 9.16. The Morgan fingerprint density at radius 2 is 2.16 bits per heavy atom. The number of rotatable bonds is 6. The van der Waals surface area contributed by atoms with Crippen LogP contribution in [0.3, 0.4) is 0 Å². The standard InChI is InChI=1S/C14H24N4O/c1-17(2)13-10-14(19)18(16-11-13)9-5-8-15-12-6-3-4-7-12/h10-12,15H,3-9H2,1-2H3. The van der Waals surface area contributed by atoms with E-state index in [1.54, 1.807) is 16.9 Å². The van der Waals surface area contributed by atoms with Gasteiger partial charge in [0.2, 0.25) is 0 Å². The van der Waals surface area contributed by atoms with Gasteiger partial charge in [-0.25, -0.2) is 4.68 Å². The fourth-order valence-corrected chi connectivity index (χ4v) is 2.50. The molecule has 0 saturated heterocycles. The molecule has 1 heterocycles. The molecule has 2 rings (SSSR count). The van der Waals surface area contributed by atoms with Gasteiger partial charge in [0.15, 0.2) is 0 Å². The summed E-state index contributed by atoms with van der Waals surface area (Å²) >= 11 is 0. The maximum Gasteiger partial charge on any atom is 0.268 e. The number of nitrogens with zero attached hydrogens (tertiary/aromatic N) is 3. The van der Waals surface area contributed by atoms with E-state index in [9.17, 15) is 4.79 Å². The molecule has 0 aliphatic heterocycles. The van der Waals surface area contributed by atoms with Gasteiger partial charge < -0.3 is 10.2 Å². The van der Waals surface area contributed by atoms with Gasteiger partial charge in [0.05, 0.1) is 11.9 Å². The van der Waals surface area contributed by atoms with E-state index in [4.69, 9.17) is 0 Å². The zero-order chi connectivity index (χ0) is 13.7. The van der Waals surface area contributed by atoms with Crippen LogP contribution >= 0.6 is 0 Å². The number of anilines is 1. The second-order valence-electron chi connectivity index (χ2n) is 5.46. The van der Waals surface area contributed by atoms with E-state index >= 15 is 0 Å². The lowest BCUT2D eigenvalue weighted by Crippen LogP contribution is -2.29. The average molecular weight is 264 g/mol. The molecule has 0 atom stereocenters. The van der Waals surface area contributed by atoms with Gasteiger partial charge in [0, 0.05) is 32.7 Å². The Balaban J connectivity index is 1.77. The molecule has 1 aromatic rings. The molecule has 5 nitrogen and oxygen atoms in total. The summed E-state index contributed by atoms with van der Waals surface area (Å²) in [6.45, 7) is 1.65. The van der Waals surface area contributed by atoms with E-state index in [0.717, 1.165) is 18.7 Å². The van der Waals surface area contributed by atoms with E-state index in [2.05, 4.69) is 10.4 Å². The number of aryl methyl sites for hydroxylation is 1. The van der Waals surface area contributed by atoms with Gasteiger partial charge >= 0.3 is 0 Å². The van der Waals surface area contributed by atoms with Crippen LogP contribution in [0, 0.1) is 0 Å². The summed E-state index contributed by atoms with van der Waals surface area (Å²) < 4.78 is 1.54. The molecule has 5 heteroatoms. The van der Waals surface area contributed by atoms with Crippen LogP contribution in [-0.4, -0.2) is 36.5 Å². The highest BCUT2D eigenvalue weighted by molar-refractivity contribution is 5.40. The van der Waals surface area contributed by atoms with Gasteiger partial charge in [-0.15, -0.1) is 0 Å². The highest BCUT2D eigenvalue weighted by Gasteiger charge is 2.13. The third-order valence-corrected chi connectivity index (χ3v) is 3.71. The highest BCUT2D eigenvalue weighted by atomic mass is 16.1. The monoisotopic (exact) mass is 264 g/mol. The maximum atomic E-state index is 11.8. The van der Waals surface area contributed by atoms with Crippen LogP contribution in [-0.2, 0) is 6.54 Å². The molecule has 0 aromatic carbocycles. The zero-order valence-electron chi connectivity index (χ0n) is 11.9. The van der Waals surface area contributed by atoms with Crippen molar-refractivity contribution >= 4 is 5.69 Å². The van der Waals surface area contributed by atoms with Gasteiger partial charge in [-0.1, -0.05) is 12.8 Å². The number of aromatic nitrogens is 2. The lowest BCUT2D eigenvalue weighted by atomic mass is 10.2. The maximum absolute atomic E-state index is 11.8. The summed E-state index contributed by atoms with van der Waals surface area (Å²) in [7, 11) is 3.82. The van der Waals surface area contributed by atoms with E-state index in [0.29, 0.717) is 12.6 Å². The molecule has 0 bridgehead atoms. The molecule has 1 aromatic heterocycles.